The monoisotopic (exact) mass is 271 g/mol. The van der Waals surface area contributed by atoms with Crippen LogP contribution in [0.4, 0.5) is 5.69 Å². The lowest BCUT2D eigenvalue weighted by Crippen LogP contribution is -2.48. The summed E-state index contributed by atoms with van der Waals surface area (Å²) in [6, 6.07) is 13.8. The van der Waals surface area contributed by atoms with Gasteiger partial charge in [0.15, 0.2) is 0 Å². The van der Waals surface area contributed by atoms with Gasteiger partial charge in [-0.25, -0.2) is 0 Å². The van der Waals surface area contributed by atoms with Crippen molar-refractivity contribution >= 4 is 22.4 Å². The van der Waals surface area contributed by atoms with E-state index in [9.17, 15) is 4.79 Å². The zero-order valence-corrected chi connectivity index (χ0v) is 11.7. The van der Waals surface area contributed by atoms with Crippen LogP contribution in [0.1, 0.15) is 19.8 Å². The second-order valence-corrected chi connectivity index (χ2v) is 5.33. The van der Waals surface area contributed by atoms with Crippen LogP contribution >= 0.6 is 0 Å². The normalized spacial score (nSPS) is 13.9. The molecule has 0 heterocycles. The number of hydrogen-bond donors (Lipinski definition) is 3. The van der Waals surface area contributed by atoms with E-state index in [4.69, 9.17) is 11.5 Å². The van der Waals surface area contributed by atoms with E-state index >= 15 is 0 Å². The second kappa shape index (κ2) is 6.03. The summed E-state index contributed by atoms with van der Waals surface area (Å²) in [7, 11) is 0. The van der Waals surface area contributed by atoms with E-state index in [-0.39, 0.29) is 5.91 Å². The molecule has 0 aromatic heterocycles. The van der Waals surface area contributed by atoms with Crippen LogP contribution in [0.3, 0.4) is 0 Å². The Kier molecular flexibility index (Phi) is 4.37. The lowest BCUT2D eigenvalue weighted by molar-refractivity contribution is -0.120. The SMILES string of the molecule is C[C@](N)(CCCN)C(=O)Nc1ccc2ccccc2c1. The summed E-state index contributed by atoms with van der Waals surface area (Å²) in [5.74, 6) is -0.179. The Morgan fingerprint density at radius 2 is 1.90 bits per heavy atom. The minimum atomic E-state index is -0.898. The molecular weight excluding hydrogens is 250 g/mol. The highest BCUT2D eigenvalue weighted by Gasteiger charge is 2.27. The summed E-state index contributed by atoms with van der Waals surface area (Å²) in [4.78, 5) is 12.2. The summed E-state index contributed by atoms with van der Waals surface area (Å²) >= 11 is 0. The summed E-state index contributed by atoms with van der Waals surface area (Å²) < 4.78 is 0. The molecule has 0 radical (unpaired) electrons. The van der Waals surface area contributed by atoms with E-state index in [0.29, 0.717) is 13.0 Å². The molecular formula is C16H21N3O. The van der Waals surface area contributed by atoms with Crippen LogP contribution in [0.15, 0.2) is 42.5 Å². The number of nitrogens with two attached hydrogens (primary N) is 2. The van der Waals surface area contributed by atoms with E-state index in [1.807, 2.05) is 42.5 Å². The molecule has 0 spiro atoms. The Morgan fingerprint density at radius 1 is 1.20 bits per heavy atom. The molecule has 2 aromatic rings. The smallest absolute Gasteiger partial charge is 0.244 e. The molecule has 4 heteroatoms. The molecule has 5 N–H and O–H groups in total. The molecule has 1 amide bonds. The molecule has 2 rings (SSSR count). The van der Waals surface area contributed by atoms with Crippen molar-refractivity contribution in [3.63, 3.8) is 0 Å². The highest BCUT2D eigenvalue weighted by atomic mass is 16.2. The van der Waals surface area contributed by atoms with Gasteiger partial charge >= 0.3 is 0 Å². The summed E-state index contributed by atoms with van der Waals surface area (Å²) in [5.41, 5.74) is 11.4. The summed E-state index contributed by atoms with van der Waals surface area (Å²) in [6.45, 7) is 2.27. The Morgan fingerprint density at radius 3 is 2.60 bits per heavy atom. The number of nitrogens with one attached hydrogen (secondary N) is 1. The zero-order chi connectivity index (χ0) is 14.6. The fourth-order valence-corrected chi connectivity index (χ4v) is 2.12. The van der Waals surface area contributed by atoms with Crippen LogP contribution in [0, 0.1) is 0 Å². The third-order valence-corrected chi connectivity index (χ3v) is 3.43. The Balaban J connectivity index is 2.13. The minimum absolute atomic E-state index is 0.179. The van der Waals surface area contributed by atoms with Crippen LogP contribution in [-0.4, -0.2) is 18.0 Å². The van der Waals surface area contributed by atoms with E-state index in [0.717, 1.165) is 22.9 Å². The lowest BCUT2D eigenvalue weighted by Gasteiger charge is -2.23. The van der Waals surface area contributed by atoms with Crippen molar-refractivity contribution in [2.45, 2.75) is 25.3 Å². The average molecular weight is 271 g/mol. The fourth-order valence-electron chi connectivity index (χ4n) is 2.12. The first-order valence-electron chi connectivity index (χ1n) is 6.82. The number of rotatable bonds is 5. The standard InChI is InChI=1S/C16H21N3O/c1-16(18,9-4-10-17)15(20)19-14-8-7-12-5-2-3-6-13(12)11-14/h2-3,5-8,11H,4,9-10,17-18H2,1H3,(H,19,20)/t16-/m0/s1. The van der Waals surface area contributed by atoms with Gasteiger partial charge in [0.05, 0.1) is 5.54 Å². The number of anilines is 1. The highest BCUT2D eigenvalue weighted by molar-refractivity contribution is 5.99. The number of hydrogen-bond acceptors (Lipinski definition) is 3. The van der Waals surface area contributed by atoms with Crippen LogP contribution < -0.4 is 16.8 Å². The number of amides is 1. The average Bonchev–Trinajstić information content (AvgIpc) is 2.45. The predicted molar refractivity (Wildman–Crippen MR) is 83.5 cm³/mol. The molecule has 0 unspecified atom stereocenters. The van der Waals surface area contributed by atoms with Crippen LogP contribution in [0.25, 0.3) is 10.8 Å². The van der Waals surface area contributed by atoms with Crippen LogP contribution in [0.5, 0.6) is 0 Å². The Hall–Kier alpha value is -1.91. The molecule has 2 aromatic carbocycles. The number of carbonyl (C=O) groups excluding carboxylic acids is 1. The maximum atomic E-state index is 12.2. The van der Waals surface area contributed by atoms with E-state index in [1.165, 1.54) is 0 Å². The van der Waals surface area contributed by atoms with Crippen molar-refractivity contribution in [3.05, 3.63) is 42.5 Å². The molecule has 0 aliphatic heterocycles. The Labute approximate surface area is 119 Å². The molecule has 20 heavy (non-hydrogen) atoms. The van der Waals surface area contributed by atoms with Crippen LogP contribution in [-0.2, 0) is 4.79 Å². The molecule has 0 fully saturated rings. The van der Waals surface area contributed by atoms with Gasteiger partial charge in [0.25, 0.3) is 0 Å². The highest BCUT2D eigenvalue weighted by Crippen LogP contribution is 2.20. The van der Waals surface area contributed by atoms with Crippen LogP contribution in [0.2, 0.25) is 0 Å². The van der Waals surface area contributed by atoms with Gasteiger partial charge in [0.1, 0.15) is 0 Å². The molecule has 0 aliphatic rings. The van der Waals surface area contributed by atoms with Gasteiger partial charge in [-0.15, -0.1) is 0 Å². The minimum Gasteiger partial charge on any atom is -0.330 e. The summed E-state index contributed by atoms with van der Waals surface area (Å²) in [5, 5.41) is 5.11. The molecule has 0 saturated carbocycles. The third kappa shape index (κ3) is 3.35. The maximum absolute atomic E-state index is 12.2. The van der Waals surface area contributed by atoms with Gasteiger partial charge in [-0.2, -0.15) is 0 Å². The van der Waals surface area contributed by atoms with Crippen molar-refractivity contribution in [1.29, 1.82) is 0 Å². The van der Waals surface area contributed by atoms with Crippen molar-refractivity contribution in [2.24, 2.45) is 11.5 Å². The maximum Gasteiger partial charge on any atom is 0.244 e. The topological polar surface area (TPSA) is 81.1 Å². The number of carbonyl (C=O) groups is 1. The molecule has 1 atom stereocenters. The summed E-state index contributed by atoms with van der Waals surface area (Å²) in [6.07, 6.45) is 1.31. The molecule has 106 valence electrons. The fraction of sp³-hybridized carbons (Fsp3) is 0.312. The first-order chi connectivity index (χ1) is 9.53. The largest absolute Gasteiger partial charge is 0.330 e. The van der Waals surface area contributed by atoms with E-state index in [2.05, 4.69) is 5.32 Å². The van der Waals surface area contributed by atoms with Gasteiger partial charge < -0.3 is 16.8 Å². The third-order valence-electron chi connectivity index (χ3n) is 3.43. The zero-order valence-electron chi connectivity index (χ0n) is 11.7. The molecule has 0 bridgehead atoms. The van der Waals surface area contributed by atoms with Crippen molar-refractivity contribution in [2.75, 3.05) is 11.9 Å². The predicted octanol–water partition coefficient (Wildman–Crippen LogP) is 2.23. The first kappa shape index (κ1) is 14.5. The van der Waals surface area contributed by atoms with E-state index < -0.39 is 5.54 Å². The number of benzene rings is 2. The van der Waals surface area contributed by atoms with Gasteiger partial charge in [0, 0.05) is 5.69 Å². The second-order valence-electron chi connectivity index (χ2n) is 5.33. The lowest BCUT2D eigenvalue weighted by atomic mass is 9.96. The van der Waals surface area contributed by atoms with Gasteiger partial charge in [-0.1, -0.05) is 30.3 Å². The molecule has 0 aliphatic carbocycles. The molecule has 0 saturated heterocycles. The first-order valence-corrected chi connectivity index (χ1v) is 6.82. The number of fused-ring (bicyclic) bond motifs is 1. The van der Waals surface area contributed by atoms with E-state index in [1.54, 1.807) is 6.92 Å². The van der Waals surface area contributed by atoms with Crippen molar-refractivity contribution in [3.8, 4) is 0 Å². The van der Waals surface area contributed by atoms with Gasteiger partial charge in [-0.3, -0.25) is 4.79 Å². The molecule has 4 nitrogen and oxygen atoms in total. The van der Waals surface area contributed by atoms with Gasteiger partial charge in [-0.05, 0) is 49.2 Å². The quantitative estimate of drug-likeness (QED) is 0.780. The van der Waals surface area contributed by atoms with Gasteiger partial charge in [0.2, 0.25) is 5.91 Å². The Bertz CT molecular complexity index is 607. The van der Waals surface area contributed by atoms with Crippen molar-refractivity contribution < 1.29 is 4.79 Å². The van der Waals surface area contributed by atoms with Crippen molar-refractivity contribution in [1.82, 2.24) is 0 Å².